The minimum atomic E-state index is 0.403. The number of nitrogens with zero attached hydrogens (tertiary/aromatic N) is 3. The third-order valence-electron chi connectivity index (χ3n) is 2.06. The van der Waals surface area contributed by atoms with Gasteiger partial charge in [-0.2, -0.15) is 5.10 Å². The summed E-state index contributed by atoms with van der Waals surface area (Å²) >= 11 is 1.65. The van der Waals surface area contributed by atoms with Gasteiger partial charge in [0.15, 0.2) is 0 Å². The molecule has 5 heteroatoms. The molecule has 2 aromatic rings. The third-order valence-corrected chi connectivity index (χ3v) is 2.84. The molecular formula is C10H14N4S. The second-order valence-electron chi connectivity index (χ2n) is 3.58. The van der Waals surface area contributed by atoms with Gasteiger partial charge < -0.3 is 5.32 Å². The minimum absolute atomic E-state index is 0.403. The number of aromatic nitrogens is 3. The monoisotopic (exact) mass is 222 g/mol. The van der Waals surface area contributed by atoms with Crippen molar-refractivity contribution >= 4 is 17.0 Å². The van der Waals surface area contributed by atoms with Gasteiger partial charge in [-0.3, -0.25) is 4.68 Å². The molecule has 1 N–H and O–H groups in total. The van der Waals surface area contributed by atoms with Crippen LogP contribution in [0.15, 0.2) is 24.0 Å². The van der Waals surface area contributed by atoms with Crippen LogP contribution in [0.1, 0.15) is 24.9 Å². The van der Waals surface area contributed by atoms with E-state index in [1.54, 1.807) is 11.3 Å². The molecule has 0 radical (unpaired) electrons. The van der Waals surface area contributed by atoms with E-state index in [0.29, 0.717) is 6.04 Å². The predicted octanol–water partition coefficient (Wildman–Crippen LogP) is 2.53. The molecule has 0 aliphatic rings. The molecule has 0 bridgehead atoms. The molecule has 2 heterocycles. The maximum atomic E-state index is 4.25. The summed E-state index contributed by atoms with van der Waals surface area (Å²) < 4.78 is 1.93. The second-order valence-corrected chi connectivity index (χ2v) is 4.56. The van der Waals surface area contributed by atoms with Crippen molar-refractivity contribution < 1.29 is 0 Å². The Morgan fingerprint density at radius 3 is 3.00 bits per heavy atom. The predicted molar refractivity (Wildman–Crippen MR) is 62.1 cm³/mol. The highest BCUT2D eigenvalue weighted by Crippen LogP contribution is 2.12. The van der Waals surface area contributed by atoms with Gasteiger partial charge in [0.1, 0.15) is 5.01 Å². The van der Waals surface area contributed by atoms with E-state index < -0.39 is 0 Å². The van der Waals surface area contributed by atoms with E-state index in [2.05, 4.69) is 29.2 Å². The van der Waals surface area contributed by atoms with Gasteiger partial charge in [-0.1, -0.05) is 0 Å². The van der Waals surface area contributed by atoms with E-state index in [0.717, 1.165) is 17.2 Å². The van der Waals surface area contributed by atoms with E-state index in [4.69, 9.17) is 0 Å². The van der Waals surface area contributed by atoms with Crippen LogP contribution in [0.5, 0.6) is 0 Å². The molecule has 0 atom stereocenters. The minimum Gasteiger partial charge on any atom is -0.376 e. The lowest BCUT2D eigenvalue weighted by Gasteiger charge is -2.03. The largest absolute Gasteiger partial charge is 0.376 e. The van der Waals surface area contributed by atoms with Crippen LogP contribution in [-0.2, 0) is 6.54 Å². The summed E-state index contributed by atoms with van der Waals surface area (Å²) in [5, 5.41) is 10.6. The molecule has 80 valence electrons. The van der Waals surface area contributed by atoms with E-state index in [9.17, 15) is 0 Å². The van der Waals surface area contributed by atoms with Crippen LogP contribution in [0.3, 0.4) is 0 Å². The van der Waals surface area contributed by atoms with Gasteiger partial charge in [-0.25, -0.2) is 4.98 Å². The van der Waals surface area contributed by atoms with Crippen molar-refractivity contribution in [1.82, 2.24) is 14.8 Å². The first-order valence-corrected chi connectivity index (χ1v) is 5.80. The summed E-state index contributed by atoms with van der Waals surface area (Å²) in [6, 6.07) is 0.403. The first kappa shape index (κ1) is 10.2. The first-order chi connectivity index (χ1) is 7.25. The summed E-state index contributed by atoms with van der Waals surface area (Å²) in [5.41, 5.74) is 1.04. The number of rotatable bonds is 4. The topological polar surface area (TPSA) is 42.7 Å². The molecule has 0 saturated carbocycles. The fraction of sp³-hybridized carbons (Fsp3) is 0.400. The zero-order chi connectivity index (χ0) is 10.7. The van der Waals surface area contributed by atoms with E-state index >= 15 is 0 Å². The maximum absolute atomic E-state index is 4.25. The van der Waals surface area contributed by atoms with E-state index in [1.807, 2.05) is 28.7 Å². The molecule has 2 rings (SSSR count). The molecule has 0 aliphatic carbocycles. The lowest BCUT2D eigenvalue weighted by Crippen LogP contribution is -2.00. The average Bonchev–Trinajstić information content (AvgIpc) is 2.86. The molecule has 0 aliphatic heterocycles. The van der Waals surface area contributed by atoms with Gasteiger partial charge in [-0.15, -0.1) is 11.3 Å². The van der Waals surface area contributed by atoms with E-state index in [-0.39, 0.29) is 0 Å². The van der Waals surface area contributed by atoms with Gasteiger partial charge in [0.2, 0.25) is 0 Å². The summed E-state index contributed by atoms with van der Waals surface area (Å²) in [5.74, 6) is 0. The van der Waals surface area contributed by atoms with Gasteiger partial charge >= 0.3 is 0 Å². The number of hydrogen-bond acceptors (Lipinski definition) is 4. The highest BCUT2D eigenvalue weighted by molar-refractivity contribution is 7.09. The Labute approximate surface area is 93.0 Å². The average molecular weight is 222 g/mol. The molecule has 0 spiro atoms. The van der Waals surface area contributed by atoms with E-state index in [1.165, 1.54) is 0 Å². The molecule has 0 unspecified atom stereocenters. The normalized spacial score (nSPS) is 10.9. The Bertz CT molecular complexity index is 405. The number of hydrogen-bond donors (Lipinski definition) is 1. The lowest BCUT2D eigenvalue weighted by molar-refractivity contribution is 0.532. The van der Waals surface area contributed by atoms with Crippen LogP contribution in [0.2, 0.25) is 0 Å². The Hall–Kier alpha value is -1.36. The second kappa shape index (κ2) is 4.44. The number of anilines is 1. The molecular weight excluding hydrogens is 208 g/mol. The van der Waals surface area contributed by atoms with Crippen molar-refractivity contribution in [2.24, 2.45) is 0 Å². The quantitative estimate of drug-likeness (QED) is 0.864. The molecule has 2 aromatic heterocycles. The first-order valence-electron chi connectivity index (χ1n) is 4.92. The fourth-order valence-electron chi connectivity index (χ4n) is 1.23. The molecule has 15 heavy (non-hydrogen) atoms. The summed E-state index contributed by atoms with van der Waals surface area (Å²) in [4.78, 5) is 4.20. The van der Waals surface area contributed by atoms with Crippen molar-refractivity contribution in [3.63, 3.8) is 0 Å². The van der Waals surface area contributed by atoms with Gasteiger partial charge in [0, 0.05) is 23.8 Å². The van der Waals surface area contributed by atoms with Crippen molar-refractivity contribution in [3.05, 3.63) is 29.0 Å². The van der Waals surface area contributed by atoms with Crippen LogP contribution < -0.4 is 5.32 Å². The van der Waals surface area contributed by atoms with Gasteiger partial charge in [0.05, 0.1) is 18.4 Å². The standard InChI is InChI=1S/C10H14N4S/c1-8(2)14-7-9(5-13-14)12-6-10-11-3-4-15-10/h3-5,7-8,12H,6H2,1-2H3. The van der Waals surface area contributed by atoms with Gasteiger partial charge in [-0.05, 0) is 13.8 Å². The smallest absolute Gasteiger partial charge is 0.112 e. The van der Waals surface area contributed by atoms with Crippen molar-refractivity contribution in [1.29, 1.82) is 0 Å². The van der Waals surface area contributed by atoms with Crippen LogP contribution in [0.4, 0.5) is 5.69 Å². The Kier molecular flexibility index (Phi) is 3.01. The Morgan fingerprint density at radius 1 is 1.53 bits per heavy atom. The summed E-state index contributed by atoms with van der Waals surface area (Å²) in [6.45, 7) is 4.98. The number of thiazole rings is 1. The SMILES string of the molecule is CC(C)n1cc(NCc2nccs2)cn1. The number of nitrogens with one attached hydrogen (secondary N) is 1. The zero-order valence-corrected chi connectivity index (χ0v) is 9.66. The Balaban J connectivity index is 1.94. The van der Waals surface area contributed by atoms with Crippen molar-refractivity contribution in [2.75, 3.05) is 5.32 Å². The van der Waals surface area contributed by atoms with Crippen molar-refractivity contribution in [3.8, 4) is 0 Å². The third kappa shape index (κ3) is 2.56. The summed E-state index contributed by atoms with van der Waals surface area (Å²) in [6.07, 6.45) is 5.67. The van der Waals surface area contributed by atoms with Crippen LogP contribution in [0.25, 0.3) is 0 Å². The molecule has 0 fully saturated rings. The van der Waals surface area contributed by atoms with Gasteiger partial charge in [0.25, 0.3) is 0 Å². The molecule has 0 saturated heterocycles. The molecule has 0 aromatic carbocycles. The van der Waals surface area contributed by atoms with Crippen LogP contribution in [-0.4, -0.2) is 14.8 Å². The molecule has 4 nitrogen and oxygen atoms in total. The highest BCUT2D eigenvalue weighted by atomic mass is 32.1. The van der Waals surface area contributed by atoms with Crippen LogP contribution in [0, 0.1) is 0 Å². The highest BCUT2D eigenvalue weighted by Gasteiger charge is 2.01. The zero-order valence-electron chi connectivity index (χ0n) is 8.84. The molecule has 0 amide bonds. The Morgan fingerprint density at radius 2 is 2.40 bits per heavy atom. The lowest BCUT2D eigenvalue weighted by atomic mass is 10.4. The maximum Gasteiger partial charge on any atom is 0.112 e. The van der Waals surface area contributed by atoms with Crippen molar-refractivity contribution in [2.45, 2.75) is 26.4 Å². The fourth-order valence-corrected chi connectivity index (χ4v) is 1.79. The summed E-state index contributed by atoms with van der Waals surface area (Å²) in [7, 11) is 0. The van der Waals surface area contributed by atoms with Crippen LogP contribution >= 0.6 is 11.3 Å².